The van der Waals surface area contributed by atoms with Crippen molar-refractivity contribution in [2.45, 2.75) is 39.2 Å². The van der Waals surface area contributed by atoms with Gasteiger partial charge in [0.1, 0.15) is 5.60 Å². The summed E-state index contributed by atoms with van der Waals surface area (Å²) in [6.45, 7) is 9.24. The lowest BCUT2D eigenvalue weighted by Crippen LogP contribution is -2.38. The van der Waals surface area contributed by atoms with Crippen LogP contribution in [0.5, 0.6) is 0 Å². The predicted octanol–water partition coefficient (Wildman–Crippen LogP) is 1.63. The van der Waals surface area contributed by atoms with E-state index in [0.29, 0.717) is 52.5 Å². The first kappa shape index (κ1) is 20.7. The summed E-state index contributed by atoms with van der Waals surface area (Å²) in [6.07, 6.45) is 6.15. The van der Waals surface area contributed by atoms with Crippen molar-refractivity contribution in [3.63, 3.8) is 0 Å². The van der Waals surface area contributed by atoms with Gasteiger partial charge in [0.15, 0.2) is 0 Å². The fourth-order valence-electron chi connectivity index (χ4n) is 1.58. The summed E-state index contributed by atoms with van der Waals surface area (Å²) >= 11 is 0. The fourth-order valence-corrected chi connectivity index (χ4v) is 1.58. The zero-order valence-corrected chi connectivity index (χ0v) is 14.1. The molecule has 0 aliphatic carbocycles. The predicted molar refractivity (Wildman–Crippen MR) is 86.6 cm³/mol. The van der Waals surface area contributed by atoms with E-state index < -0.39 is 5.60 Å². The van der Waals surface area contributed by atoms with Gasteiger partial charge in [0.25, 0.3) is 0 Å². The number of hydrogen-bond donors (Lipinski definition) is 1. The summed E-state index contributed by atoms with van der Waals surface area (Å²) < 4.78 is 16.0. The zero-order valence-electron chi connectivity index (χ0n) is 14.1. The Morgan fingerprint density at radius 3 is 2.32 bits per heavy atom. The van der Waals surface area contributed by atoms with Crippen LogP contribution in [0.1, 0.15) is 33.6 Å². The summed E-state index contributed by atoms with van der Waals surface area (Å²) in [6, 6.07) is 0. The van der Waals surface area contributed by atoms with Crippen LogP contribution in [0.4, 0.5) is 4.79 Å². The van der Waals surface area contributed by atoms with Gasteiger partial charge >= 0.3 is 6.09 Å². The molecule has 0 aromatic rings. The smallest absolute Gasteiger partial charge is 0.410 e. The van der Waals surface area contributed by atoms with Crippen LogP contribution in [0, 0.1) is 12.3 Å². The van der Waals surface area contributed by atoms with E-state index in [1.165, 1.54) is 0 Å². The van der Waals surface area contributed by atoms with Gasteiger partial charge in [-0.1, -0.05) is 0 Å². The highest BCUT2D eigenvalue weighted by molar-refractivity contribution is 5.68. The average Bonchev–Trinajstić information content (AvgIpc) is 2.43. The summed E-state index contributed by atoms with van der Waals surface area (Å²) in [7, 11) is 0. The van der Waals surface area contributed by atoms with Gasteiger partial charge in [-0.15, -0.1) is 12.3 Å². The first-order valence-corrected chi connectivity index (χ1v) is 7.67. The third kappa shape index (κ3) is 12.5. The third-order valence-electron chi connectivity index (χ3n) is 2.53. The normalized spacial score (nSPS) is 11.0. The monoisotopic (exact) mass is 314 g/mol. The lowest BCUT2D eigenvalue weighted by molar-refractivity contribution is 0.0206. The van der Waals surface area contributed by atoms with E-state index in [1.807, 2.05) is 20.8 Å². The summed E-state index contributed by atoms with van der Waals surface area (Å²) in [4.78, 5) is 13.7. The van der Waals surface area contributed by atoms with E-state index in [9.17, 15) is 4.79 Å². The van der Waals surface area contributed by atoms with Crippen LogP contribution in [0.25, 0.3) is 0 Å². The van der Waals surface area contributed by atoms with Gasteiger partial charge in [0.05, 0.1) is 19.8 Å². The van der Waals surface area contributed by atoms with Gasteiger partial charge in [0, 0.05) is 32.7 Å². The molecule has 0 bridgehead atoms. The Morgan fingerprint density at radius 2 is 1.77 bits per heavy atom. The minimum absolute atomic E-state index is 0.339. The molecule has 0 saturated heterocycles. The van der Waals surface area contributed by atoms with Crippen molar-refractivity contribution >= 4 is 6.09 Å². The maximum absolute atomic E-state index is 12.1. The molecule has 0 aliphatic rings. The lowest BCUT2D eigenvalue weighted by Gasteiger charge is -2.27. The van der Waals surface area contributed by atoms with Gasteiger partial charge in [-0.2, -0.15) is 0 Å². The molecule has 6 nitrogen and oxygen atoms in total. The standard InChI is InChI=1S/C16H30N2O4/c1-5-6-9-18(15(19)22-16(2,3)4)10-7-11-20-13-14-21-12-8-17/h1H,6-14,17H2,2-4H3. The first-order valence-electron chi connectivity index (χ1n) is 7.67. The minimum atomic E-state index is -0.512. The molecule has 0 saturated carbocycles. The Balaban J connectivity index is 3.95. The first-order chi connectivity index (χ1) is 10.4. The maximum Gasteiger partial charge on any atom is 0.410 e. The molecule has 1 amide bonds. The zero-order chi connectivity index (χ0) is 16.8. The number of nitrogens with two attached hydrogens (primary N) is 1. The number of rotatable bonds is 11. The molecule has 0 aromatic carbocycles. The summed E-state index contributed by atoms with van der Waals surface area (Å²) in [5.41, 5.74) is 4.80. The molecule has 0 atom stereocenters. The van der Waals surface area contributed by atoms with E-state index in [1.54, 1.807) is 4.90 Å². The van der Waals surface area contributed by atoms with Crippen molar-refractivity contribution in [2.75, 3.05) is 46.1 Å². The molecule has 0 spiro atoms. The Morgan fingerprint density at radius 1 is 1.14 bits per heavy atom. The van der Waals surface area contributed by atoms with Gasteiger partial charge in [-0.25, -0.2) is 4.79 Å². The molecular formula is C16H30N2O4. The van der Waals surface area contributed by atoms with Crippen LogP contribution in [-0.4, -0.2) is 62.7 Å². The van der Waals surface area contributed by atoms with Crippen molar-refractivity contribution in [3.05, 3.63) is 0 Å². The van der Waals surface area contributed by atoms with E-state index in [0.717, 1.165) is 6.42 Å². The van der Waals surface area contributed by atoms with Gasteiger partial charge in [-0.05, 0) is 27.2 Å². The van der Waals surface area contributed by atoms with E-state index >= 15 is 0 Å². The number of ether oxygens (including phenoxy) is 3. The molecular weight excluding hydrogens is 284 g/mol. The average molecular weight is 314 g/mol. The molecule has 0 aliphatic heterocycles. The van der Waals surface area contributed by atoms with Gasteiger partial charge in [-0.3, -0.25) is 0 Å². The second-order valence-electron chi connectivity index (χ2n) is 5.79. The highest BCUT2D eigenvalue weighted by atomic mass is 16.6. The second-order valence-corrected chi connectivity index (χ2v) is 5.79. The van der Waals surface area contributed by atoms with Crippen LogP contribution >= 0.6 is 0 Å². The highest BCUT2D eigenvalue weighted by Gasteiger charge is 2.21. The molecule has 22 heavy (non-hydrogen) atoms. The molecule has 0 unspecified atom stereocenters. The molecule has 0 fully saturated rings. The number of terminal acetylenes is 1. The van der Waals surface area contributed by atoms with Crippen molar-refractivity contribution < 1.29 is 19.0 Å². The Bertz CT molecular complexity index is 334. The van der Waals surface area contributed by atoms with Gasteiger partial charge in [0.2, 0.25) is 0 Å². The number of carbonyl (C=O) groups is 1. The van der Waals surface area contributed by atoms with Crippen LogP contribution in [0.15, 0.2) is 0 Å². The lowest BCUT2D eigenvalue weighted by atomic mass is 10.2. The maximum atomic E-state index is 12.1. The van der Waals surface area contributed by atoms with Crippen LogP contribution in [-0.2, 0) is 14.2 Å². The minimum Gasteiger partial charge on any atom is -0.444 e. The van der Waals surface area contributed by atoms with E-state index in [2.05, 4.69) is 5.92 Å². The van der Waals surface area contributed by atoms with Crippen molar-refractivity contribution in [1.29, 1.82) is 0 Å². The quantitative estimate of drug-likeness (QED) is 0.463. The molecule has 0 radical (unpaired) electrons. The van der Waals surface area contributed by atoms with Gasteiger partial charge < -0.3 is 24.8 Å². The third-order valence-corrected chi connectivity index (χ3v) is 2.53. The molecule has 0 aromatic heterocycles. The number of amides is 1. The Kier molecular flexibility index (Phi) is 11.6. The Hall–Kier alpha value is -1.29. The topological polar surface area (TPSA) is 74.0 Å². The molecule has 0 heterocycles. The van der Waals surface area contributed by atoms with E-state index in [4.69, 9.17) is 26.4 Å². The number of nitrogens with zero attached hydrogens (tertiary/aromatic N) is 1. The molecule has 0 rings (SSSR count). The summed E-state index contributed by atoms with van der Waals surface area (Å²) in [5.74, 6) is 2.54. The number of hydrogen-bond acceptors (Lipinski definition) is 5. The molecule has 128 valence electrons. The molecule has 2 N–H and O–H groups in total. The van der Waals surface area contributed by atoms with Crippen molar-refractivity contribution in [2.24, 2.45) is 5.73 Å². The largest absolute Gasteiger partial charge is 0.444 e. The van der Waals surface area contributed by atoms with Crippen molar-refractivity contribution in [3.8, 4) is 12.3 Å². The summed E-state index contributed by atoms with van der Waals surface area (Å²) in [5, 5.41) is 0. The van der Waals surface area contributed by atoms with E-state index in [-0.39, 0.29) is 6.09 Å². The van der Waals surface area contributed by atoms with Crippen LogP contribution < -0.4 is 5.73 Å². The molecule has 6 heteroatoms. The van der Waals surface area contributed by atoms with Crippen molar-refractivity contribution in [1.82, 2.24) is 4.90 Å². The Labute approximate surface area is 134 Å². The fraction of sp³-hybridized carbons (Fsp3) is 0.812. The highest BCUT2D eigenvalue weighted by Crippen LogP contribution is 2.10. The van der Waals surface area contributed by atoms with Crippen LogP contribution in [0.2, 0.25) is 0 Å². The number of carbonyl (C=O) groups excluding carboxylic acids is 1. The second kappa shape index (κ2) is 12.3. The van der Waals surface area contributed by atoms with Crippen LogP contribution in [0.3, 0.4) is 0 Å². The SMILES string of the molecule is C#CCCN(CCCOCCOCCN)C(=O)OC(C)(C)C.